The summed E-state index contributed by atoms with van der Waals surface area (Å²) >= 11 is 0. The number of carbonyl (C=O) groups is 1. The number of carbonyl (C=O) groups excluding carboxylic acids is 1. The molecule has 0 spiro atoms. The highest BCUT2D eigenvalue weighted by Crippen LogP contribution is 3.02. The quantitative estimate of drug-likeness (QED) is 0.404. The standard InChI is InChI=1S/C18H18F5N5O2SSi/c1-18(16(29)25-9-10-32-18)17-28-27-15(30-17)13-3-2-8-24-14(13)26-11-4-6-12(7-5-11)31(19,20,21,22)23/h2-8H,9-10,32H2,1H3,(H,24,26)(H,25,29)/t18-/m1/s1. The zero-order chi connectivity index (χ0) is 23.3. The van der Waals surface area contributed by atoms with Gasteiger partial charge in [-0.05, 0) is 49.4 Å². The molecule has 1 aliphatic rings. The van der Waals surface area contributed by atoms with E-state index < -0.39 is 29.7 Å². The van der Waals surface area contributed by atoms with Gasteiger partial charge in [-0.15, -0.1) is 10.2 Å². The summed E-state index contributed by atoms with van der Waals surface area (Å²) in [5.41, 5.74) is 0.436. The van der Waals surface area contributed by atoms with E-state index in [-0.39, 0.29) is 29.2 Å². The van der Waals surface area contributed by atoms with Gasteiger partial charge in [0.1, 0.15) is 15.8 Å². The van der Waals surface area contributed by atoms with Gasteiger partial charge in [-0.3, -0.25) is 4.79 Å². The van der Waals surface area contributed by atoms with Gasteiger partial charge < -0.3 is 15.1 Å². The molecule has 4 rings (SSSR count). The van der Waals surface area contributed by atoms with Gasteiger partial charge in [0.15, 0.2) is 0 Å². The van der Waals surface area contributed by atoms with Gasteiger partial charge in [-0.2, -0.15) is 0 Å². The predicted octanol–water partition coefficient (Wildman–Crippen LogP) is 4.46. The van der Waals surface area contributed by atoms with Gasteiger partial charge in [0, 0.05) is 18.4 Å². The Morgan fingerprint density at radius 1 is 1.12 bits per heavy atom. The lowest BCUT2D eigenvalue weighted by molar-refractivity contribution is -0.124. The van der Waals surface area contributed by atoms with Crippen LogP contribution in [0.1, 0.15) is 12.8 Å². The molecule has 1 aliphatic heterocycles. The summed E-state index contributed by atoms with van der Waals surface area (Å²) < 4.78 is 70.4. The van der Waals surface area contributed by atoms with E-state index >= 15 is 0 Å². The average Bonchev–Trinajstić information content (AvgIpc) is 3.20. The number of nitrogens with one attached hydrogen (secondary N) is 2. The molecule has 2 N–H and O–H groups in total. The summed E-state index contributed by atoms with van der Waals surface area (Å²) in [4.78, 5) is 14.5. The summed E-state index contributed by atoms with van der Waals surface area (Å²) in [5.74, 6) is 0.247. The first kappa shape index (κ1) is 22.2. The van der Waals surface area contributed by atoms with Crippen LogP contribution >= 0.6 is 10.2 Å². The summed E-state index contributed by atoms with van der Waals surface area (Å²) in [5, 5.41) is 12.8. The Morgan fingerprint density at radius 3 is 2.50 bits per heavy atom. The number of nitrogens with zero attached hydrogens (tertiary/aromatic N) is 3. The number of aromatic nitrogens is 3. The fourth-order valence-electron chi connectivity index (χ4n) is 3.32. The number of halogens is 5. The van der Waals surface area contributed by atoms with Crippen LogP contribution in [-0.2, 0) is 9.83 Å². The average molecular weight is 492 g/mol. The smallest absolute Gasteiger partial charge is 0.310 e. The second kappa shape index (κ2) is 6.75. The van der Waals surface area contributed by atoms with Crippen molar-refractivity contribution in [3.63, 3.8) is 0 Å². The Morgan fingerprint density at radius 2 is 1.84 bits per heavy atom. The summed E-state index contributed by atoms with van der Waals surface area (Å²) in [6.07, 6.45) is 1.43. The minimum atomic E-state index is -9.76. The maximum absolute atomic E-state index is 12.9. The number of amides is 1. The summed E-state index contributed by atoms with van der Waals surface area (Å²) in [7, 11) is -10.6. The zero-order valence-corrected chi connectivity index (χ0v) is 18.8. The third-order valence-corrected chi connectivity index (χ3v) is 8.63. The lowest BCUT2D eigenvalue weighted by Gasteiger charge is -2.40. The van der Waals surface area contributed by atoms with Gasteiger partial charge in [0.25, 0.3) is 5.89 Å². The summed E-state index contributed by atoms with van der Waals surface area (Å²) in [6.45, 7) is 2.38. The second-order valence-corrected chi connectivity index (χ2v) is 12.7. The molecule has 1 amide bonds. The molecular weight excluding hydrogens is 473 g/mol. The minimum absolute atomic E-state index is 0.0628. The SMILES string of the molecule is C[C@@]1(c2nnc(-c3cccnc3Nc3ccc(S(F)(F)(F)(F)F)cc3)o2)[SiH2]CCNC1=O. The Bertz CT molecular complexity index is 1190. The molecule has 1 atom stereocenters. The molecule has 2 aromatic heterocycles. The minimum Gasteiger partial charge on any atom is -0.420 e. The van der Waals surface area contributed by atoms with Gasteiger partial charge in [0.2, 0.25) is 11.8 Å². The second-order valence-electron chi connectivity index (χ2n) is 7.62. The van der Waals surface area contributed by atoms with Crippen LogP contribution < -0.4 is 10.6 Å². The van der Waals surface area contributed by atoms with Crippen LogP contribution in [0.5, 0.6) is 0 Å². The molecule has 7 nitrogen and oxygen atoms in total. The molecule has 1 aromatic carbocycles. The van der Waals surface area contributed by atoms with Crippen molar-refractivity contribution in [1.29, 1.82) is 0 Å². The van der Waals surface area contributed by atoms with E-state index in [1.807, 2.05) is 0 Å². The van der Waals surface area contributed by atoms with Crippen LogP contribution in [0.3, 0.4) is 0 Å². The van der Waals surface area contributed by atoms with Crippen LogP contribution in [0.25, 0.3) is 11.5 Å². The zero-order valence-electron chi connectivity index (χ0n) is 16.6. The van der Waals surface area contributed by atoms with Gasteiger partial charge in [0.05, 0.1) is 15.1 Å². The van der Waals surface area contributed by atoms with E-state index in [0.29, 0.717) is 24.2 Å². The van der Waals surface area contributed by atoms with Crippen molar-refractivity contribution >= 4 is 37.2 Å². The molecule has 1 saturated heterocycles. The van der Waals surface area contributed by atoms with E-state index in [9.17, 15) is 24.2 Å². The van der Waals surface area contributed by atoms with Crippen LogP contribution in [-0.4, -0.2) is 37.2 Å². The number of pyridine rings is 1. The van der Waals surface area contributed by atoms with E-state index in [1.165, 1.54) is 6.20 Å². The van der Waals surface area contributed by atoms with Crippen molar-refractivity contribution in [1.82, 2.24) is 20.5 Å². The third-order valence-electron chi connectivity index (χ3n) is 5.14. The molecule has 0 bridgehead atoms. The highest BCUT2D eigenvalue weighted by molar-refractivity contribution is 8.45. The molecule has 172 valence electrons. The maximum Gasteiger partial charge on any atom is 0.310 e. The lowest BCUT2D eigenvalue weighted by atomic mass is 10.1. The van der Waals surface area contributed by atoms with Crippen LogP contribution in [0.15, 0.2) is 51.9 Å². The topological polar surface area (TPSA) is 92.9 Å². The van der Waals surface area contributed by atoms with E-state index in [4.69, 9.17) is 4.42 Å². The molecule has 14 heteroatoms. The molecule has 32 heavy (non-hydrogen) atoms. The number of hydrogen-bond donors (Lipinski definition) is 2. The van der Waals surface area contributed by atoms with Crippen LogP contribution in [0.4, 0.5) is 30.9 Å². The number of hydrogen-bond acceptors (Lipinski definition) is 6. The van der Waals surface area contributed by atoms with Crippen LogP contribution in [0, 0.1) is 0 Å². The lowest BCUT2D eigenvalue weighted by Crippen LogP contribution is -2.51. The maximum atomic E-state index is 12.9. The Labute approximate surface area is 181 Å². The van der Waals surface area contributed by atoms with Crippen molar-refractivity contribution in [2.75, 3.05) is 11.9 Å². The fourth-order valence-corrected chi connectivity index (χ4v) is 5.74. The molecule has 0 unspecified atom stereocenters. The number of rotatable bonds is 5. The molecule has 0 saturated carbocycles. The Kier molecular flexibility index (Phi) is 4.68. The highest BCUT2D eigenvalue weighted by Gasteiger charge is 2.65. The van der Waals surface area contributed by atoms with E-state index in [1.54, 1.807) is 19.1 Å². The van der Waals surface area contributed by atoms with Crippen molar-refractivity contribution < 1.29 is 28.6 Å². The number of anilines is 2. The van der Waals surface area contributed by atoms with Crippen molar-refractivity contribution in [2.24, 2.45) is 0 Å². The molecule has 3 aromatic rings. The van der Waals surface area contributed by atoms with E-state index in [2.05, 4.69) is 25.8 Å². The molecule has 0 aliphatic carbocycles. The molecule has 1 fully saturated rings. The molecular formula is C18H18F5N5O2SSi. The Hall–Kier alpha value is -3.00. The fraction of sp³-hybridized carbons (Fsp3) is 0.222. The van der Waals surface area contributed by atoms with E-state index in [0.717, 1.165) is 18.2 Å². The van der Waals surface area contributed by atoms with Gasteiger partial charge in [-0.25, -0.2) is 4.98 Å². The first-order chi connectivity index (χ1) is 14.8. The van der Waals surface area contributed by atoms with Crippen molar-refractivity contribution in [3.05, 3.63) is 48.5 Å². The van der Waals surface area contributed by atoms with Gasteiger partial charge >= 0.3 is 10.2 Å². The van der Waals surface area contributed by atoms with Crippen molar-refractivity contribution in [3.8, 4) is 11.5 Å². The molecule has 0 radical (unpaired) electrons. The largest absolute Gasteiger partial charge is 0.420 e. The monoisotopic (exact) mass is 491 g/mol. The first-order valence-corrected chi connectivity index (χ1v) is 13.1. The van der Waals surface area contributed by atoms with Crippen LogP contribution in [0.2, 0.25) is 6.04 Å². The Balaban J connectivity index is 1.63. The summed E-state index contributed by atoms with van der Waals surface area (Å²) in [6, 6.07) is 6.44. The normalized spacial score (nSPS) is 22.1. The third kappa shape index (κ3) is 4.32. The molecule has 3 heterocycles. The highest BCUT2D eigenvalue weighted by atomic mass is 32.5. The first-order valence-electron chi connectivity index (χ1n) is 9.45. The van der Waals surface area contributed by atoms with Crippen molar-refractivity contribution in [2.45, 2.75) is 22.9 Å². The number of benzene rings is 1. The van der Waals surface area contributed by atoms with Gasteiger partial charge in [-0.1, -0.05) is 19.4 Å². The predicted molar refractivity (Wildman–Crippen MR) is 112 cm³/mol.